The molecule has 2 N–H and O–H groups in total. The average molecular weight is 280 g/mol. The predicted molar refractivity (Wildman–Crippen MR) is 74.9 cm³/mol. The van der Waals surface area contributed by atoms with Crippen LogP contribution in [0.5, 0.6) is 0 Å². The zero-order valence-corrected chi connectivity index (χ0v) is 10.9. The van der Waals surface area contributed by atoms with E-state index in [1.165, 1.54) is 12.2 Å². The Bertz CT molecular complexity index is 511. The van der Waals surface area contributed by atoms with E-state index in [0.717, 1.165) is 5.56 Å². The number of carboxylic acids is 1. The van der Waals surface area contributed by atoms with E-state index < -0.39 is 17.9 Å². The molecule has 0 saturated heterocycles. The Morgan fingerprint density at radius 2 is 2.21 bits per heavy atom. The van der Waals surface area contributed by atoms with E-state index >= 15 is 0 Å². The normalized spacial score (nSPS) is 12.1. The van der Waals surface area contributed by atoms with Gasteiger partial charge in [-0.1, -0.05) is 29.8 Å². The molecule has 1 rings (SSSR count). The first-order chi connectivity index (χ1) is 9.02. The number of nitrogens with one attached hydrogen (secondary N) is 1. The Kier molecular flexibility index (Phi) is 5.82. The molecule has 1 amide bonds. The summed E-state index contributed by atoms with van der Waals surface area (Å²) in [5, 5.41) is 11.8. The molecule has 1 aromatic carbocycles. The van der Waals surface area contributed by atoms with Gasteiger partial charge in [0.2, 0.25) is 5.91 Å². The summed E-state index contributed by atoms with van der Waals surface area (Å²) < 4.78 is 0. The Hall–Kier alpha value is -2.07. The van der Waals surface area contributed by atoms with Gasteiger partial charge in [-0.05, 0) is 30.2 Å². The maximum atomic E-state index is 11.6. The number of rotatable bonds is 6. The molecule has 0 aliphatic rings. The van der Waals surface area contributed by atoms with Gasteiger partial charge in [-0.25, -0.2) is 4.79 Å². The van der Waals surface area contributed by atoms with E-state index in [1.54, 1.807) is 30.3 Å². The number of hydrogen-bond acceptors (Lipinski definition) is 2. The number of carboxylic acid groups (broad SMARTS) is 1. The van der Waals surface area contributed by atoms with E-state index in [-0.39, 0.29) is 6.42 Å². The number of halogens is 1. The van der Waals surface area contributed by atoms with Crippen LogP contribution in [0.1, 0.15) is 12.0 Å². The molecule has 1 unspecified atom stereocenters. The monoisotopic (exact) mass is 279 g/mol. The smallest absolute Gasteiger partial charge is 0.326 e. The first-order valence-corrected chi connectivity index (χ1v) is 5.98. The van der Waals surface area contributed by atoms with Crippen LogP contribution >= 0.6 is 11.6 Å². The summed E-state index contributed by atoms with van der Waals surface area (Å²) in [5.41, 5.74) is 0.762. The largest absolute Gasteiger partial charge is 0.480 e. The van der Waals surface area contributed by atoms with Gasteiger partial charge in [0.1, 0.15) is 6.04 Å². The third kappa shape index (κ3) is 5.40. The van der Waals surface area contributed by atoms with E-state index in [1.807, 2.05) is 0 Å². The molecular weight excluding hydrogens is 266 g/mol. The van der Waals surface area contributed by atoms with E-state index in [9.17, 15) is 9.59 Å². The highest BCUT2D eigenvalue weighted by Crippen LogP contribution is 2.11. The predicted octanol–water partition coefficient (Wildman–Crippen LogP) is 2.50. The van der Waals surface area contributed by atoms with Crippen molar-refractivity contribution in [2.75, 3.05) is 0 Å². The number of hydrogen-bond donors (Lipinski definition) is 2. The summed E-state index contributed by atoms with van der Waals surface area (Å²) in [6.07, 6.45) is 4.45. The third-order valence-corrected chi connectivity index (χ3v) is 2.53. The van der Waals surface area contributed by atoms with E-state index in [2.05, 4.69) is 11.9 Å². The fourth-order valence-corrected chi connectivity index (χ4v) is 1.59. The molecular formula is C14H14ClNO3. The lowest BCUT2D eigenvalue weighted by atomic mass is 10.2. The molecule has 5 heteroatoms. The van der Waals surface area contributed by atoms with Gasteiger partial charge >= 0.3 is 5.97 Å². The Morgan fingerprint density at radius 1 is 1.47 bits per heavy atom. The number of aliphatic carboxylic acids is 1. The first kappa shape index (κ1) is 15.0. The molecule has 1 atom stereocenters. The lowest BCUT2D eigenvalue weighted by Crippen LogP contribution is -2.39. The van der Waals surface area contributed by atoms with Gasteiger partial charge in [0.25, 0.3) is 0 Å². The SMILES string of the molecule is C=CCC(NC(=O)/C=C/c1cccc(Cl)c1)C(=O)O. The maximum Gasteiger partial charge on any atom is 0.326 e. The summed E-state index contributed by atoms with van der Waals surface area (Å²) in [7, 11) is 0. The van der Waals surface area contributed by atoms with Crippen molar-refractivity contribution in [1.82, 2.24) is 5.32 Å². The molecule has 4 nitrogen and oxygen atoms in total. The van der Waals surface area contributed by atoms with Crippen molar-refractivity contribution in [3.63, 3.8) is 0 Å². The second kappa shape index (κ2) is 7.38. The van der Waals surface area contributed by atoms with Crippen molar-refractivity contribution >= 4 is 29.6 Å². The molecule has 0 radical (unpaired) electrons. The van der Waals surface area contributed by atoms with Crippen molar-refractivity contribution in [3.8, 4) is 0 Å². The first-order valence-electron chi connectivity index (χ1n) is 5.60. The lowest BCUT2D eigenvalue weighted by Gasteiger charge is -2.10. The Labute approximate surface area is 116 Å². The highest BCUT2D eigenvalue weighted by atomic mass is 35.5. The van der Waals surface area contributed by atoms with Gasteiger partial charge in [-0.2, -0.15) is 0 Å². The average Bonchev–Trinajstić information content (AvgIpc) is 2.36. The van der Waals surface area contributed by atoms with Crippen molar-refractivity contribution < 1.29 is 14.7 Å². The minimum absolute atomic E-state index is 0.173. The number of amides is 1. The van der Waals surface area contributed by atoms with Gasteiger partial charge in [-0.3, -0.25) is 4.79 Å². The second-order valence-electron chi connectivity index (χ2n) is 3.81. The van der Waals surface area contributed by atoms with Crippen LogP contribution in [0.3, 0.4) is 0 Å². The van der Waals surface area contributed by atoms with Gasteiger partial charge in [-0.15, -0.1) is 6.58 Å². The molecule has 100 valence electrons. The molecule has 0 spiro atoms. The van der Waals surface area contributed by atoms with Crippen molar-refractivity contribution in [2.45, 2.75) is 12.5 Å². The Balaban J connectivity index is 2.64. The van der Waals surface area contributed by atoms with Crippen LogP contribution < -0.4 is 5.32 Å². The quantitative estimate of drug-likeness (QED) is 0.621. The zero-order chi connectivity index (χ0) is 14.3. The fourth-order valence-electron chi connectivity index (χ4n) is 1.39. The van der Waals surface area contributed by atoms with E-state index in [4.69, 9.17) is 16.7 Å². The van der Waals surface area contributed by atoms with Crippen molar-refractivity contribution in [3.05, 3.63) is 53.6 Å². The van der Waals surface area contributed by atoms with Gasteiger partial charge in [0, 0.05) is 11.1 Å². The molecule has 0 aliphatic heterocycles. The molecule has 0 saturated carbocycles. The summed E-state index contributed by atoms with van der Waals surface area (Å²) in [6.45, 7) is 3.45. The second-order valence-corrected chi connectivity index (χ2v) is 4.25. The number of carbonyl (C=O) groups is 2. The van der Waals surface area contributed by atoms with Crippen LogP contribution in [0, 0.1) is 0 Å². The molecule has 0 aromatic heterocycles. The highest BCUT2D eigenvalue weighted by molar-refractivity contribution is 6.30. The van der Waals surface area contributed by atoms with Crippen molar-refractivity contribution in [2.24, 2.45) is 0 Å². The van der Waals surface area contributed by atoms with Gasteiger partial charge in [0.15, 0.2) is 0 Å². The lowest BCUT2D eigenvalue weighted by molar-refractivity contribution is -0.141. The topological polar surface area (TPSA) is 66.4 Å². The minimum atomic E-state index is -1.09. The van der Waals surface area contributed by atoms with Crippen LogP contribution in [-0.2, 0) is 9.59 Å². The number of carbonyl (C=O) groups excluding carboxylic acids is 1. The molecule has 0 bridgehead atoms. The van der Waals surface area contributed by atoms with Crippen LogP contribution in [0.4, 0.5) is 0 Å². The van der Waals surface area contributed by atoms with Gasteiger partial charge in [0.05, 0.1) is 0 Å². The number of benzene rings is 1. The standard InChI is InChI=1S/C14H14ClNO3/c1-2-4-12(14(18)19)16-13(17)8-7-10-5-3-6-11(15)9-10/h2-3,5-9,12H,1,4H2,(H,16,17)(H,18,19)/b8-7+. The van der Waals surface area contributed by atoms with E-state index in [0.29, 0.717) is 5.02 Å². The van der Waals surface area contributed by atoms with Gasteiger partial charge < -0.3 is 10.4 Å². The van der Waals surface area contributed by atoms with Crippen LogP contribution in [0.2, 0.25) is 5.02 Å². The molecule has 0 aliphatic carbocycles. The van der Waals surface area contributed by atoms with Crippen molar-refractivity contribution in [1.29, 1.82) is 0 Å². The molecule has 0 heterocycles. The highest BCUT2D eigenvalue weighted by Gasteiger charge is 2.16. The third-order valence-electron chi connectivity index (χ3n) is 2.29. The summed E-state index contributed by atoms with van der Waals surface area (Å²) in [4.78, 5) is 22.4. The molecule has 1 aromatic rings. The van der Waals surface area contributed by atoms with Crippen LogP contribution in [0.15, 0.2) is 43.0 Å². The summed E-state index contributed by atoms with van der Waals surface area (Å²) in [6, 6.07) is 6.01. The fraction of sp³-hybridized carbons (Fsp3) is 0.143. The molecule has 19 heavy (non-hydrogen) atoms. The minimum Gasteiger partial charge on any atom is -0.480 e. The maximum absolute atomic E-state index is 11.6. The zero-order valence-electron chi connectivity index (χ0n) is 10.2. The van der Waals surface area contributed by atoms with Crippen LogP contribution in [-0.4, -0.2) is 23.0 Å². The summed E-state index contributed by atoms with van der Waals surface area (Å²) in [5.74, 6) is -1.57. The Morgan fingerprint density at radius 3 is 2.79 bits per heavy atom. The van der Waals surface area contributed by atoms with Crippen LogP contribution in [0.25, 0.3) is 6.08 Å². The summed E-state index contributed by atoms with van der Waals surface area (Å²) >= 11 is 5.80. The molecule has 0 fully saturated rings.